The highest BCUT2D eigenvalue weighted by Crippen LogP contribution is 2.59. The maximum atomic E-state index is 12.2. The Kier molecular flexibility index (Phi) is 19.3. The Hall–Kier alpha value is -2.94. The van der Waals surface area contributed by atoms with Crippen molar-refractivity contribution < 1.29 is 43.6 Å². The van der Waals surface area contributed by atoms with E-state index in [0.29, 0.717) is 18.9 Å². The second-order valence-corrected chi connectivity index (χ2v) is 17.9. The van der Waals surface area contributed by atoms with Crippen LogP contribution >= 0.6 is 0 Å². The summed E-state index contributed by atoms with van der Waals surface area (Å²) in [6, 6.07) is 9.72. The van der Waals surface area contributed by atoms with Gasteiger partial charge in [-0.1, -0.05) is 64.4 Å². The van der Waals surface area contributed by atoms with E-state index < -0.39 is 22.9 Å². The highest BCUT2D eigenvalue weighted by atomic mass is 16.6. The maximum Gasteiger partial charge on any atom is 0.311 e. The highest BCUT2D eigenvalue weighted by molar-refractivity contribution is 5.76. The lowest BCUT2D eigenvalue weighted by Crippen LogP contribution is -2.36. The van der Waals surface area contributed by atoms with E-state index in [2.05, 4.69) is 6.92 Å². The van der Waals surface area contributed by atoms with Crippen molar-refractivity contribution in [3.05, 3.63) is 35.9 Å². The lowest BCUT2D eigenvalue weighted by molar-refractivity contribution is -0.164. The first-order valence-corrected chi connectivity index (χ1v) is 20.0. The summed E-state index contributed by atoms with van der Waals surface area (Å²) in [5, 5.41) is 17.3. The molecular formula is C44H74O9. The zero-order valence-electron chi connectivity index (χ0n) is 35.4. The molecule has 3 saturated carbocycles. The van der Waals surface area contributed by atoms with Crippen LogP contribution < -0.4 is 0 Å². The fourth-order valence-corrected chi connectivity index (χ4v) is 6.33. The van der Waals surface area contributed by atoms with Crippen molar-refractivity contribution in [1.82, 2.24) is 0 Å². The number of hydrogen-bond donors (Lipinski definition) is 2. The van der Waals surface area contributed by atoms with Gasteiger partial charge in [0, 0.05) is 0 Å². The molecule has 9 heteroatoms. The molecule has 0 saturated heterocycles. The summed E-state index contributed by atoms with van der Waals surface area (Å²) in [5.74, 6) is 2.34. The van der Waals surface area contributed by atoms with Gasteiger partial charge < -0.3 is 24.4 Å². The van der Waals surface area contributed by atoms with Crippen LogP contribution in [0.5, 0.6) is 0 Å². The molecule has 2 bridgehead atoms. The lowest BCUT2D eigenvalue weighted by Gasteiger charge is -2.33. The number of carbonyl (C=O) groups excluding carboxylic acids is 3. The number of carbonyl (C=O) groups is 4. The van der Waals surface area contributed by atoms with E-state index in [0.717, 1.165) is 49.0 Å². The topological polar surface area (TPSA) is 136 Å². The molecule has 9 nitrogen and oxygen atoms in total. The SMILES string of the molecule is CCC(C)(C)C(=O)O.CCC(C)(C)C(=O)OC1CC2CC1C1CCCC21.CCC(C)(C)C(=O)OCC(C)O.CCC(C)(C)C(=O)OCc1ccccc1. The Morgan fingerprint density at radius 1 is 0.679 bits per heavy atom. The number of aliphatic carboxylic acids is 1. The van der Waals surface area contributed by atoms with Crippen molar-refractivity contribution in [2.45, 2.75) is 167 Å². The average Bonchev–Trinajstić information content (AvgIpc) is 3.86. The van der Waals surface area contributed by atoms with Gasteiger partial charge in [0.2, 0.25) is 0 Å². The standard InChI is InChI=1S/C16H26O2.C13H18O2.C9H18O3.C6H12O2/c1-4-16(2,3)15(17)18-14-9-10-8-13(14)12-7-5-6-11(10)12;1-4-13(2,3)12(14)15-10-11-8-6-5-7-9-11;1-5-9(3,4)8(11)12-6-7(2)10;1-4-6(2,3)5(7)8/h10-14H,4-9H2,1-3H3;5-9H,4,10H2,1-3H3;7,10H,5-6H2,1-4H3;4H2,1-3H3,(H,7,8). The monoisotopic (exact) mass is 747 g/mol. The number of rotatable bonds is 13. The molecule has 1 aromatic rings. The molecule has 3 aliphatic rings. The Morgan fingerprint density at radius 2 is 1.15 bits per heavy atom. The van der Waals surface area contributed by atoms with Gasteiger partial charge >= 0.3 is 23.9 Å². The number of ether oxygens (including phenoxy) is 3. The predicted octanol–water partition coefficient (Wildman–Crippen LogP) is 9.81. The van der Waals surface area contributed by atoms with Crippen molar-refractivity contribution in [1.29, 1.82) is 0 Å². The van der Waals surface area contributed by atoms with Crippen LogP contribution in [-0.4, -0.2) is 52.9 Å². The summed E-state index contributed by atoms with van der Waals surface area (Å²) in [6.07, 6.45) is 9.45. The van der Waals surface area contributed by atoms with Crippen LogP contribution in [0, 0.1) is 45.3 Å². The van der Waals surface area contributed by atoms with Crippen molar-refractivity contribution in [2.75, 3.05) is 6.61 Å². The lowest BCUT2D eigenvalue weighted by atomic mass is 9.80. The van der Waals surface area contributed by atoms with E-state index >= 15 is 0 Å². The quantitative estimate of drug-likeness (QED) is 0.149. The minimum Gasteiger partial charge on any atom is -0.481 e. The summed E-state index contributed by atoms with van der Waals surface area (Å²) in [6.45, 7) is 24.8. The molecule has 2 N–H and O–H groups in total. The molecule has 1 aromatic carbocycles. The van der Waals surface area contributed by atoms with Crippen molar-refractivity contribution in [3.8, 4) is 0 Å². The van der Waals surface area contributed by atoms with Crippen LogP contribution in [0.15, 0.2) is 30.3 Å². The average molecular weight is 747 g/mol. The summed E-state index contributed by atoms with van der Waals surface area (Å²) >= 11 is 0. The minimum atomic E-state index is -0.722. The molecule has 304 valence electrons. The minimum absolute atomic E-state index is 0.0251. The van der Waals surface area contributed by atoms with Gasteiger partial charge in [0.15, 0.2) is 0 Å². The van der Waals surface area contributed by atoms with Gasteiger partial charge in [-0.3, -0.25) is 19.2 Å². The molecule has 0 amide bonds. The number of carboxylic acid groups (broad SMARTS) is 1. The smallest absolute Gasteiger partial charge is 0.311 e. The zero-order chi connectivity index (χ0) is 40.8. The molecule has 6 unspecified atom stereocenters. The normalized spacial score (nSPS) is 22.3. The second-order valence-electron chi connectivity index (χ2n) is 17.9. The van der Waals surface area contributed by atoms with Gasteiger partial charge in [0.1, 0.15) is 19.3 Å². The summed E-state index contributed by atoms with van der Waals surface area (Å²) in [7, 11) is 0. The molecule has 53 heavy (non-hydrogen) atoms. The number of benzene rings is 1. The van der Waals surface area contributed by atoms with E-state index in [1.165, 1.54) is 25.7 Å². The summed E-state index contributed by atoms with van der Waals surface area (Å²) in [5.41, 5.74) is -0.640. The van der Waals surface area contributed by atoms with Crippen LogP contribution in [-0.2, 0) is 40.0 Å². The number of esters is 3. The summed E-state index contributed by atoms with van der Waals surface area (Å²) in [4.78, 5) is 45.4. The first-order valence-electron chi connectivity index (χ1n) is 20.0. The van der Waals surface area contributed by atoms with E-state index in [-0.39, 0.29) is 41.4 Å². The fourth-order valence-electron chi connectivity index (χ4n) is 6.33. The number of hydrogen-bond acceptors (Lipinski definition) is 8. The van der Waals surface area contributed by atoms with Crippen LogP contribution in [0.2, 0.25) is 0 Å². The third-order valence-corrected chi connectivity index (χ3v) is 12.1. The molecule has 0 aliphatic heterocycles. The van der Waals surface area contributed by atoms with E-state index in [4.69, 9.17) is 24.4 Å². The van der Waals surface area contributed by atoms with Crippen molar-refractivity contribution >= 4 is 23.9 Å². The van der Waals surface area contributed by atoms with Gasteiger partial charge in [-0.2, -0.15) is 0 Å². The number of aliphatic hydroxyl groups excluding tert-OH is 1. The molecule has 0 radical (unpaired) electrons. The van der Waals surface area contributed by atoms with Crippen LogP contribution in [0.3, 0.4) is 0 Å². The molecule has 3 fully saturated rings. The van der Waals surface area contributed by atoms with Gasteiger partial charge in [0.05, 0.1) is 27.8 Å². The number of fused-ring (bicyclic) bond motifs is 5. The third-order valence-electron chi connectivity index (χ3n) is 12.1. The maximum absolute atomic E-state index is 12.2. The van der Waals surface area contributed by atoms with Crippen LogP contribution in [0.1, 0.15) is 153 Å². The first-order chi connectivity index (χ1) is 24.5. The summed E-state index contributed by atoms with van der Waals surface area (Å²) < 4.78 is 16.0. The Bertz CT molecular complexity index is 1280. The largest absolute Gasteiger partial charge is 0.481 e. The third kappa shape index (κ3) is 15.0. The van der Waals surface area contributed by atoms with Crippen LogP contribution in [0.25, 0.3) is 0 Å². The zero-order valence-corrected chi connectivity index (χ0v) is 35.4. The molecule has 6 atom stereocenters. The second kappa shape index (κ2) is 21.2. The highest BCUT2D eigenvalue weighted by Gasteiger charge is 2.55. The Morgan fingerprint density at radius 3 is 1.60 bits per heavy atom. The van der Waals surface area contributed by atoms with E-state index in [9.17, 15) is 19.2 Å². The van der Waals surface area contributed by atoms with Crippen molar-refractivity contribution in [3.63, 3.8) is 0 Å². The van der Waals surface area contributed by atoms with Gasteiger partial charge in [-0.25, -0.2) is 0 Å². The van der Waals surface area contributed by atoms with Crippen LogP contribution in [0.4, 0.5) is 0 Å². The van der Waals surface area contributed by atoms with Crippen molar-refractivity contribution in [2.24, 2.45) is 45.3 Å². The predicted molar refractivity (Wildman–Crippen MR) is 210 cm³/mol. The Labute approximate surface area is 321 Å². The van der Waals surface area contributed by atoms with E-state index in [1.54, 1.807) is 20.8 Å². The van der Waals surface area contributed by atoms with Gasteiger partial charge in [-0.05, 0) is 143 Å². The molecule has 0 spiro atoms. The van der Waals surface area contributed by atoms with Gasteiger partial charge in [0.25, 0.3) is 0 Å². The molecular weight excluding hydrogens is 672 g/mol. The molecule has 3 aliphatic carbocycles. The first kappa shape index (κ1) is 48.1. The molecule has 0 heterocycles. The number of carboxylic acids is 1. The van der Waals surface area contributed by atoms with Gasteiger partial charge in [-0.15, -0.1) is 0 Å². The molecule has 0 aromatic heterocycles. The number of aliphatic hydroxyl groups is 1. The fraction of sp³-hybridized carbons (Fsp3) is 0.773. The van der Waals surface area contributed by atoms with E-state index in [1.807, 2.05) is 92.6 Å². The Balaban J connectivity index is 0.000000368. The molecule has 4 rings (SSSR count).